The van der Waals surface area contributed by atoms with Gasteiger partial charge in [0, 0.05) is 53.4 Å². The zero-order valence-corrected chi connectivity index (χ0v) is 17.7. The monoisotopic (exact) mass is 420 g/mol. The number of aromatic nitrogens is 1. The number of nitrogens with one attached hydrogen (secondary N) is 2. The average Bonchev–Trinajstić information content (AvgIpc) is 2.78. The molecule has 1 aliphatic rings. The summed E-state index contributed by atoms with van der Waals surface area (Å²) in [4.78, 5) is 29.0. The number of ether oxygens (including phenoxy) is 1. The minimum absolute atomic E-state index is 0.0122. The standard InChI is InChI=1S/C24H28N4O3/c1-2-31-21-7-8-22-17(14-21)13-18(24(30)27-22)15-26-19-3-5-20(6-4-19)28-11-9-16(10-12-28)23(25)29/h3-8,13-14,16,26H,2,9-12,15H2,1H3,(H2,25,29)(H,27,30). The first-order chi connectivity index (χ1) is 15.0. The van der Waals surface area contributed by atoms with Gasteiger partial charge in [-0.25, -0.2) is 0 Å². The van der Waals surface area contributed by atoms with Crippen LogP contribution in [0.4, 0.5) is 11.4 Å². The van der Waals surface area contributed by atoms with Crippen LogP contribution in [0.1, 0.15) is 25.3 Å². The third-order valence-electron chi connectivity index (χ3n) is 5.82. The molecule has 0 saturated carbocycles. The molecular weight excluding hydrogens is 392 g/mol. The van der Waals surface area contributed by atoms with Crippen LogP contribution in [-0.4, -0.2) is 30.6 Å². The number of hydrogen-bond donors (Lipinski definition) is 3. The first-order valence-corrected chi connectivity index (χ1v) is 10.7. The van der Waals surface area contributed by atoms with Gasteiger partial charge in [-0.1, -0.05) is 0 Å². The number of anilines is 2. The maximum Gasteiger partial charge on any atom is 0.253 e. The first kappa shape index (κ1) is 20.8. The number of aromatic amines is 1. The summed E-state index contributed by atoms with van der Waals surface area (Å²) < 4.78 is 5.56. The van der Waals surface area contributed by atoms with E-state index in [1.54, 1.807) is 0 Å². The quantitative estimate of drug-likeness (QED) is 0.545. The van der Waals surface area contributed by atoms with Crippen molar-refractivity contribution >= 4 is 28.2 Å². The smallest absolute Gasteiger partial charge is 0.253 e. The molecule has 4 N–H and O–H groups in total. The summed E-state index contributed by atoms with van der Waals surface area (Å²) in [6.45, 7) is 4.63. The molecule has 0 bridgehead atoms. The van der Waals surface area contributed by atoms with Gasteiger partial charge < -0.3 is 25.7 Å². The van der Waals surface area contributed by atoms with Crippen LogP contribution in [0.25, 0.3) is 10.9 Å². The highest BCUT2D eigenvalue weighted by atomic mass is 16.5. The van der Waals surface area contributed by atoms with Crippen LogP contribution < -0.4 is 26.2 Å². The number of hydrogen-bond acceptors (Lipinski definition) is 5. The van der Waals surface area contributed by atoms with E-state index in [4.69, 9.17) is 10.5 Å². The van der Waals surface area contributed by atoms with Crippen molar-refractivity contribution in [3.05, 3.63) is 64.4 Å². The first-order valence-electron chi connectivity index (χ1n) is 10.7. The predicted molar refractivity (Wildman–Crippen MR) is 124 cm³/mol. The molecule has 2 aromatic carbocycles. The fourth-order valence-corrected chi connectivity index (χ4v) is 4.03. The summed E-state index contributed by atoms with van der Waals surface area (Å²) in [6, 6.07) is 15.7. The van der Waals surface area contributed by atoms with Crippen LogP contribution in [0.2, 0.25) is 0 Å². The minimum Gasteiger partial charge on any atom is -0.494 e. The zero-order chi connectivity index (χ0) is 21.8. The molecule has 1 amide bonds. The molecule has 162 valence electrons. The van der Waals surface area contributed by atoms with Crippen LogP contribution in [0.3, 0.4) is 0 Å². The molecule has 1 aliphatic heterocycles. The molecule has 2 heterocycles. The topological polar surface area (TPSA) is 100 Å². The molecule has 0 spiro atoms. The lowest BCUT2D eigenvalue weighted by Gasteiger charge is -2.32. The van der Waals surface area contributed by atoms with Gasteiger partial charge >= 0.3 is 0 Å². The Kier molecular flexibility index (Phi) is 6.11. The number of rotatable bonds is 7. The largest absolute Gasteiger partial charge is 0.494 e. The molecule has 31 heavy (non-hydrogen) atoms. The number of pyridine rings is 1. The van der Waals surface area contributed by atoms with Gasteiger partial charge in [-0.05, 0) is 68.3 Å². The molecule has 4 rings (SSSR count). The molecule has 1 aromatic heterocycles. The van der Waals surface area contributed by atoms with Crippen LogP contribution in [0.5, 0.6) is 5.75 Å². The van der Waals surface area contributed by atoms with E-state index >= 15 is 0 Å². The van der Waals surface area contributed by atoms with Crippen molar-refractivity contribution in [2.75, 3.05) is 29.9 Å². The highest BCUT2D eigenvalue weighted by Crippen LogP contribution is 2.25. The lowest BCUT2D eigenvalue weighted by Crippen LogP contribution is -2.38. The van der Waals surface area contributed by atoms with E-state index in [2.05, 4.69) is 27.3 Å². The maximum atomic E-state index is 12.4. The van der Waals surface area contributed by atoms with E-state index in [9.17, 15) is 9.59 Å². The van der Waals surface area contributed by atoms with Crippen molar-refractivity contribution in [1.29, 1.82) is 0 Å². The summed E-state index contributed by atoms with van der Waals surface area (Å²) in [5.41, 5.74) is 8.85. The van der Waals surface area contributed by atoms with Crippen molar-refractivity contribution in [3.8, 4) is 5.75 Å². The Labute approximate surface area is 181 Å². The second kappa shape index (κ2) is 9.12. The lowest BCUT2D eigenvalue weighted by molar-refractivity contribution is -0.122. The predicted octanol–water partition coefficient (Wildman–Crippen LogP) is 3.24. The van der Waals surface area contributed by atoms with Gasteiger partial charge in [0.15, 0.2) is 0 Å². The van der Waals surface area contributed by atoms with Crippen molar-refractivity contribution in [2.45, 2.75) is 26.3 Å². The second-order valence-electron chi connectivity index (χ2n) is 7.87. The molecule has 0 unspecified atom stereocenters. The van der Waals surface area contributed by atoms with Crippen molar-refractivity contribution in [2.24, 2.45) is 11.7 Å². The number of nitrogens with zero attached hydrogens (tertiary/aromatic N) is 1. The van der Waals surface area contributed by atoms with Gasteiger partial charge in [0.2, 0.25) is 5.91 Å². The van der Waals surface area contributed by atoms with Gasteiger partial charge in [-0.2, -0.15) is 0 Å². The van der Waals surface area contributed by atoms with Gasteiger partial charge in [-0.15, -0.1) is 0 Å². The zero-order valence-electron chi connectivity index (χ0n) is 17.7. The molecule has 0 radical (unpaired) electrons. The molecule has 3 aromatic rings. The van der Waals surface area contributed by atoms with E-state index in [0.29, 0.717) is 18.7 Å². The SMILES string of the molecule is CCOc1ccc2[nH]c(=O)c(CNc3ccc(N4CCC(C(N)=O)CC4)cc3)cc2c1. The number of fused-ring (bicyclic) bond motifs is 1. The molecular formula is C24H28N4O3. The Morgan fingerprint density at radius 3 is 2.58 bits per heavy atom. The average molecular weight is 421 g/mol. The van der Waals surface area contributed by atoms with Crippen molar-refractivity contribution in [3.63, 3.8) is 0 Å². The van der Waals surface area contributed by atoms with E-state index < -0.39 is 0 Å². The van der Waals surface area contributed by atoms with E-state index in [1.807, 2.05) is 43.3 Å². The number of primary amides is 1. The van der Waals surface area contributed by atoms with Gasteiger partial charge in [0.25, 0.3) is 5.56 Å². The molecule has 0 aliphatic carbocycles. The Morgan fingerprint density at radius 1 is 1.16 bits per heavy atom. The second-order valence-corrected chi connectivity index (χ2v) is 7.87. The Hall–Kier alpha value is -3.48. The van der Waals surface area contributed by atoms with E-state index in [0.717, 1.165) is 54.0 Å². The van der Waals surface area contributed by atoms with Crippen LogP contribution in [0.15, 0.2) is 53.3 Å². The number of nitrogens with two attached hydrogens (primary N) is 1. The Morgan fingerprint density at radius 2 is 1.90 bits per heavy atom. The fraction of sp³-hybridized carbons (Fsp3) is 0.333. The number of H-pyrrole nitrogens is 1. The number of carbonyl (C=O) groups excluding carboxylic acids is 1. The van der Waals surface area contributed by atoms with Crippen molar-refractivity contribution in [1.82, 2.24) is 4.98 Å². The minimum atomic E-state index is -0.197. The highest BCUT2D eigenvalue weighted by Gasteiger charge is 2.23. The molecule has 7 nitrogen and oxygen atoms in total. The lowest BCUT2D eigenvalue weighted by atomic mass is 9.96. The van der Waals surface area contributed by atoms with Gasteiger partial charge in [0.1, 0.15) is 5.75 Å². The van der Waals surface area contributed by atoms with E-state index in [-0.39, 0.29) is 17.4 Å². The van der Waals surface area contributed by atoms with Crippen LogP contribution >= 0.6 is 0 Å². The number of piperidine rings is 1. The summed E-state index contributed by atoms with van der Waals surface area (Å²) in [6.07, 6.45) is 1.59. The summed E-state index contributed by atoms with van der Waals surface area (Å²) in [5.74, 6) is 0.579. The third-order valence-corrected chi connectivity index (χ3v) is 5.82. The summed E-state index contributed by atoms with van der Waals surface area (Å²) in [5, 5.41) is 4.27. The highest BCUT2D eigenvalue weighted by molar-refractivity contribution is 5.80. The molecule has 7 heteroatoms. The maximum absolute atomic E-state index is 12.4. The van der Waals surface area contributed by atoms with Crippen molar-refractivity contribution < 1.29 is 9.53 Å². The Bertz CT molecular complexity index is 1120. The number of carbonyl (C=O) groups is 1. The third kappa shape index (κ3) is 4.82. The molecule has 1 saturated heterocycles. The number of amides is 1. The number of benzene rings is 2. The molecule has 1 fully saturated rings. The summed E-state index contributed by atoms with van der Waals surface area (Å²) >= 11 is 0. The summed E-state index contributed by atoms with van der Waals surface area (Å²) in [7, 11) is 0. The van der Waals surface area contributed by atoms with E-state index in [1.165, 1.54) is 0 Å². The molecule has 0 atom stereocenters. The van der Waals surface area contributed by atoms with Crippen LogP contribution in [-0.2, 0) is 11.3 Å². The van der Waals surface area contributed by atoms with Gasteiger partial charge in [-0.3, -0.25) is 9.59 Å². The fourth-order valence-electron chi connectivity index (χ4n) is 4.03. The Balaban J connectivity index is 1.41. The normalized spacial score (nSPS) is 14.5. The van der Waals surface area contributed by atoms with Gasteiger partial charge in [0.05, 0.1) is 6.61 Å². The van der Waals surface area contributed by atoms with Crippen LogP contribution in [0, 0.1) is 5.92 Å².